The minimum atomic E-state index is -3.36. The molecule has 4 nitrogen and oxygen atoms in total. The second kappa shape index (κ2) is 8.17. The van der Waals surface area contributed by atoms with E-state index in [4.69, 9.17) is 4.74 Å². The predicted molar refractivity (Wildman–Crippen MR) is 76.9 cm³/mol. The first-order chi connectivity index (χ1) is 9.10. The summed E-state index contributed by atoms with van der Waals surface area (Å²) in [5.74, 6) is 0.713. The molecule has 0 aliphatic carbocycles. The Hall–Kier alpha value is -1.07. The van der Waals surface area contributed by atoms with Gasteiger partial charge in [-0.1, -0.05) is 32.6 Å². The molecule has 108 valence electrons. The van der Waals surface area contributed by atoms with E-state index in [0.717, 1.165) is 6.42 Å². The highest BCUT2D eigenvalue weighted by atomic mass is 32.2. The smallest absolute Gasteiger partial charge is 0.240 e. The molecule has 0 bridgehead atoms. The maximum atomic E-state index is 11.5. The fourth-order valence-corrected chi connectivity index (χ4v) is 2.46. The van der Waals surface area contributed by atoms with E-state index in [1.165, 1.54) is 32.7 Å². The van der Waals surface area contributed by atoms with Crippen molar-refractivity contribution in [3.05, 3.63) is 24.3 Å². The van der Waals surface area contributed by atoms with Crippen molar-refractivity contribution in [3.8, 4) is 5.75 Å². The van der Waals surface area contributed by atoms with Gasteiger partial charge in [0, 0.05) is 0 Å². The molecular weight excluding hydrogens is 262 g/mol. The molecule has 0 saturated carbocycles. The summed E-state index contributed by atoms with van der Waals surface area (Å²) in [4.78, 5) is 0.255. The van der Waals surface area contributed by atoms with Crippen LogP contribution in [0.1, 0.15) is 39.0 Å². The quantitative estimate of drug-likeness (QED) is 0.710. The van der Waals surface area contributed by atoms with E-state index in [2.05, 4.69) is 11.6 Å². The van der Waals surface area contributed by atoms with Gasteiger partial charge in [0.2, 0.25) is 10.0 Å². The Bertz CT molecular complexity index is 454. The monoisotopic (exact) mass is 285 g/mol. The molecule has 5 heteroatoms. The Kier molecular flexibility index (Phi) is 6.87. The summed E-state index contributed by atoms with van der Waals surface area (Å²) in [6, 6.07) is 6.49. The summed E-state index contributed by atoms with van der Waals surface area (Å²) in [5, 5.41) is 0. The lowest BCUT2D eigenvalue weighted by molar-refractivity contribution is 0.304. The van der Waals surface area contributed by atoms with E-state index in [-0.39, 0.29) is 4.90 Å². The first kappa shape index (κ1) is 16.0. The van der Waals surface area contributed by atoms with Crippen LogP contribution < -0.4 is 9.46 Å². The standard InChI is InChI=1S/C14H23NO3S/c1-3-4-5-6-7-12-18-13-8-10-14(11-9-13)19(16,17)15-2/h8-11,15H,3-7,12H2,1-2H3. The number of hydrogen-bond donors (Lipinski definition) is 1. The van der Waals surface area contributed by atoms with Crippen LogP contribution >= 0.6 is 0 Å². The Morgan fingerprint density at radius 1 is 1.05 bits per heavy atom. The van der Waals surface area contributed by atoms with Crippen LogP contribution in [-0.4, -0.2) is 22.1 Å². The minimum absolute atomic E-state index is 0.255. The highest BCUT2D eigenvalue weighted by Crippen LogP contribution is 2.16. The zero-order valence-electron chi connectivity index (χ0n) is 11.7. The van der Waals surface area contributed by atoms with Crippen molar-refractivity contribution in [3.63, 3.8) is 0 Å². The molecule has 1 rings (SSSR count). The number of unbranched alkanes of at least 4 members (excludes halogenated alkanes) is 4. The van der Waals surface area contributed by atoms with Crippen LogP contribution in [0.4, 0.5) is 0 Å². The predicted octanol–water partition coefficient (Wildman–Crippen LogP) is 2.94. The van der Waals surface area contributed by atoms with E-state index in [9.17, 15) is 8.42 Å². The minimum Gasteiger partial charge on any atom is -0.494 e. The van der Waals surface area contributed by atoms with Crippen LogP contribution in [0.5, 0.6) is 5.75 Å². The largest absolute Gasteiger partial charge is 0.494 e. The van der Waals surface area contributed by atoms with Gasteiger partial charge in [0.05, 0.1) is 11.5 Å². The highest BCUT2D eigenvalue weighted by molar-refractivity contribution is 7.89. The number of benzene rings is 1. The second-order valence-electron chi connectivity index (χ2n) is 4.44. The van der Waals surface area contributed by atoms with E-state index in [1.807, 2.05) is 0 Å². The molecule has 0 aliphatic rings. The average molecular weight is 285 g/mol. The molecule has 0 aromatic heterocycles. The molecule has 0 amide bonds. The van der Waals surface area contributed by atoms with Crippen LogP contribution in [0.25, 0.3) is 0 Å². The van der Waals surface area contributed by atoms with Crippen molar-refractivity contribution in [2.75, 3.05) is 13.7 Å². The normalized spacial score (nSPS) is 11.5. The molecule has 1 aromatic carbocycles. The molecule has 0 radical (unpaired) electrons. The fraction of sp³-hybridized carbons (Fsp3) is 0.571. The van der Waals surface area contributed by atoms with Crippen LogP contribution in [0.2, 0.25) is 0 Å². The van der Waals surface area contributed by atoms with Crippen molar-refractivity contribution in [2.24, 2.45) is 0 Å². The van der Waals surface area contributed by atoms with Crippen molar-refractivity contribution in [1.82, 2.24) is 4.72 Å². The van der Waals surface area contributed by atoms with Crippen LogP contribution in [0.15, 0.2) is 29.2 Å². The van der Waals surface area contributed by atoms with E-state index < -0.39 is 10.0 Å². The third kappa shape index (κ3) is 5.61. The summed E-state index contributed by atoms with van der Waals surface area (Å²) < 4.78 is 30.9. The number of nitrogens with one attached hydrogen (secondary N) is 1. The Labute approximate surface area is 116 Å². The molecule has 0 aliphatic heterocycles. The lowest BCUT2D eigenvalue weighted by atomic mass is 10.2. The van der Waals surface area contributed by atoms with Crippen LogP contribution in [0, 0.1) is 0 Å². The number of hydrogen-bond acceptors (Lipinski definition) is 3. The molecule has 0 saturated heterocycles. The summed E-state index contributed by atoms with van der Waals surface area (Å²) >= 11 is 0. The third-order valence-electron chi connectivity index (χ3n) is 2.92. The van der Waals surface area contributed by atoms with Gasteiger partial charge in [-0.05, 0) is 37.7 Å². The molecule has 0 atom stereocenters. The lowest BCUT2D eigenvalue weighted by Gasteiger charge is -2.07. The third-order valence-corrected chi connectivity index (χ3v) is 4.35. The molecule has 1 N–H and O–H groups in total. The molecule has 1 aromatic rings. The van der Waals surface area contributed by atoms with Crippen molar-refractivity contribution in [1.29, 1.82) is 0 Å². The number of ether oxygens (including phenoxy) is 1. The first-order valence-corrected chi connectivity index (χ1v) is 8.25. The van der Waals surface area contributed by atoms with Gasteiger partial charge in [0.1, 0.15) is 5.75 Å². The molecule has 19 heavy (non-hydrogen) atoms. The van der Waals surface area contributed by atoms with Crippen LogP contribution in [-0.2, 0) is 10.0 Å². The lowest BCUT2D eigenvalue weighted by Crippen LogP contribution is -2.18. The van der Waals surface area contributed by atoms with Gasteiger partial charge in [-0.25, -0.2) is 13.1 Å². The zero-order chi connectivity index (χ0) is 14.1. The van der Waals surface area contributed by atoms with Gasteiger partial charge >= 0.3 is 0 Å². The number of sulfonamides is 1. The van der Waals surface area contributed by atoms with Gasteiger partial charge in [-0.3, -0.25) is 0 Å². The number of rotatable bonds is 9. The van der Waals surface area contributed by atoms with Gasteiger partial charge in [0.15, 0.2) is 0 Å². The molecule has 0 unspecified atom stereocenters. The Morgan fingerprint density at radius 3 is 2.26 bits per heavy atom. The SMILES string of the molecule is CCCCCCCOc1ccc(S(=O)(=O)NC)cc1. The average Bonchev–Trinajstić information content (AvgIpc) is 2.43. The van der Waals surface area contributed by atoms with Gasteiger partial charge < -0.3 is 4.74 Å². The maximum Gasteiger partial charge on any atom is 0.240 e. The fourth-order valence-electron chi connectivity index (χ4n) is 1.73. The summed E-state index contributed by atoms with van der Waals surface area (Å²) in [6.07, 6.45) is 5.98. The maximum absolute atomic E-state index is 11.5. The van der Waals surface area contributed by atoms with Crippen molar-refractivity contribution < 1.29 is 13.2 Å². The molecular formula is C14H23NO3S. The van der Waals surface area contributed by atoms with Gasteiger partial charge in [-0.2, -0.15) is 0 Å². The topological polar surface area (TPSA) is 55.4 Å². The second-order valence-corrected chi connectivity index (χ2v) is 6.33. The van der Waals surface area contributed by atoms with E-state index >= 15 is 0 Å². The first-order valence-electron chi connectivity index (χ1n) is 6.76. The summed E-state index contributed by atoms with van der Waals surface area (Å²) in [7, 11) is -1.96. The van der Waals surface area contributed by atoms with Crippen molar-refractivity contribution >= 4 is 10.0 Å². The van der Waals surface area contributed by atoms with Crippen LogP contribution in [0.3, 0.4) is 0 Å². The van der Waals surface area contributed by atoms with E-state index in [1.54, 1.807) is 24.3 Å². The van der Waals surface area contributed by atoms with Gasteiger partial charge in [-0.15, -0.1) is 0 Å². The summed E-state index contributed by atoms with van der Waals surface area (Å²) in [6.45, 7) is 2.87. The molecule has 0 fully saturated rings. The van der Waals surface area contributed by atoms with Gasteiger partial charge in [0.25, 0.3) is 0 Å². The Balaban J connectivity index is 2.37. The molecule has 0 spiro atoms. The van der Waals surface area contributed by atoms with E-state index in [0.29, 0.717) is 12.4 Å². The van der Waals surface area contributed by atoms with Crippen molar-refractivity contribution in [2.45, 2.75) is 43.9 Å². The zero-order valence-corrected chi connectivity index (χ0v) is 12.5. The summed E-state index contributed by atoms with van der Waals surface area (Å²) in [5.41, 5.74) is 0. The Morgan fingerprint density at radius 2 is 1.68 bits per heavy atom. The highest BCUT2D eigenvalue weighted by Gasteiger charge is 2.10. The molecule has 0 heterocycles.